The van der Waals surface area contributed by atoms with E-state index in [9.17, 15) is 13.6 Å². The van der Waals surface area contributed by atoms with Crippen molar-refractivity contribution in [2.75, 3.05) is 0 Å². The topological polar surface area (TPSA) is 17.1 Å². The Bertz CT molecular complexity index is 364. The second-order valence-electron chi connectivity index (χ2n) is 3.28. The highest BCUT2D eigenvalue weighted by Crippen LogP contribution is 2.54. The summed E-state index contributed by atoms with van der Waals surface area (Å²) in [7, 11) is 0. The molecule has 0 N–H and O–H groups in total. The molecule has 1 fully saturated rings. The molecular formula is C10H7ClF2O. The molecule has 74 valence electrons. The minimum Gasteiger partial charge on any atom is -0.294 e. The highest BCUT2D eigenvalue weighted by Gasteiger charge is 2.71. The molecule has 0 spiro atoms. The van der Waals surface area contributed by atoms with Gasteiger partial charge in [0.05, 0.1) is 0 Å². The second-order valence-corrected chi connectivity index (χ2v) is 3.75. The smallest absolute Gasteiger partial charge is 0.276 e. The van der Waals surface area contributed by atoms with Crippen LogP contribution < -0.4 is 0 Å². The molecule has 1 nitrogen and oxygen atoms in total. The van der Waals surface area contributed by atoms with E-state index in [1.54, 1.807) is 18.2 Å². The maximum atomic E-state index is 12.8. The van der Waals surface area contributed by atoms with Crippen molar-refractivity contribution in [1.82, 2.24) is 0 Å². The van der Waals surface area contributed by atoms with E-state index in [1.807, 2.05) is 0 Å². The first kappa shape index (κ1) is 9.59. The van der Waals surface area contributed by atoms with Crippen molar-refractivity contribution in [2.45, 2.75) is 11.3 Å². The van der Waals surface area contributed by atoms with Gasteiger partial charge in [0.25, 0.3) is 5.92 Å². The first-order valence-electron chi connectivity index (χ1n) is 4.16. The summed E-state index contributed by atoms with van der Waals surface area (Å²) in [6, 6.07) is 8.02. The quantitative estimate of drug-likeness (QED) is 0.549. The van der Waals surface area contributed by atoms with Crippen LogP contribution in [-0.4, -0.2) is 17.1 Å². The van der Waals surface area contributed by atoms with Gasteiger partial charge in [-0.05, 0) is 0 Å². The van der Waals surface area contributed by atoms with Crippen LogP contribution in [0.1, 0.15) is 10.4 Å². The van der Waals surface area contributed by atoms with E-state index in [1.165, 1.54) is 12.1 Å². The summed E-state index contributed by atoms with van der Waals surface area (Å²) in [6.45, 7) is 0. The molecule has 0 amide bonds. The van der Waals surface area contributed by atoms with E-state index in [0.717, 1.165) is 0 Å². The Labute approximate surface area is 84.7 Å². The van der Waals surface area contributed by atoms with E-state index < -0.39 is 23.0 Å². The van der Waals surface area contributed by atoms with E-state index in [0.29, 0.717) is 5.56 Å². The molecule has 0 saturated heterocycles. The SMILES string of the molecule is O=C(c1ccccc1)C1[C@@H](Cl)C1(F)F. The Hall–Kier alpha value is -0.960. The van der Waals surface area contributed by atoms with Crippen molar-refractivity contribution in [1.29, 1.82) is 0 Å². The molecule has 2 rings (SSSR count). The number of benzene rings is 1. The summed E-state index contributed by atoms with van der Waals surface area (Å²) in [5.74, 6) is -4.95. The molecule has 1 aromatic carbocycles. The molecule has 0 bridgehead atoms. The first-order valence-corrected chi connectivity index (χ1v) is 4.60. The van der Waals surface area contributed by atoms with Crippen LogP contribution in [0.2, 0.25) is 0 Å². The number of alkyl halides is 3. The predicted molar refractivity (Wildman–Crippen MR) is 48.9 cm³/mol. The monoisotopic (exact) mass is 216 g/mol. The second kappa shape index (κ2) is 3.02. The lowest BCUT2D eigenvalue weighted by Crippen LogP contribution is -2.07. The lowest BCUT2D eigenvalue weighted by Gasteiger charge is -1.97. The number of carbonyl (C=O) groups is 1. The van der Waals surface area contributed by atoms with E-state index in [2.05, 4.69) is 0 Å². The average molecular weight is 217 g/mol. The fourth-order valence-electron chi connectivity index (χ4n) is 1.38. The zero-order valence-corrected chi connectivity index (χ0v) is 7.84. The molecule has 0 heterocycles. The zero-order valence-electron chi connectivity index (χ0n) is 7.08. The third kappa shape index (κ3) is 1.32. The van der Waals surface area contributed by atoms with Gasteiger partial charge < -0.3 is 0 Å². The van der Waals surface area contributed by atoms with E-state index >= 15 is 0 Å². The molecule has 1 aromatic rings. The van der Waals surface area contributed by atoms with Gasteiger partial charge in [0.1, 0.15) is 11.3 Å². The Morgan fingerprint density at radius 3 is 2.21 bits per heavy atom. The van der Waals surface area contributed by atoms with Gasteiger partial charge in [-0.25, -0.2) is 8.78 Å². The Morgan fingerprint density at radius 2 is 1.79 bits per heavy atom. The molecule has 1 unspecified atom stereocenters. The van der Waals surface area contributed by atoms with E-state index in [4.69, 9.17) is 11.6 Å². The van der Waals surface area contributed by atoms with Gasteiger partial charge in [-0.1, -0.05) is 30.3 Å². The third-order valence-electron chi connectivity index (χ3n) is 2.31. The Morgan fingerprint density at radius 1 is 1.29 bits per heavy atom. The normalized spacial score (nSPS) is 28.5. The molecular weight excluding hydrogens is 210 g/mol. The van der Waals surface area contributed by atoms with Gasteiger partial charge in [0.2, 0.25) is 0 Å². The average Bonchev–Trinajstić information content (AvgIpc) is 2.67. The number of hydrogen-bond donors (Lipinski definition) is 0. The fourth-order valence-corrected chi connectivity index (χ4v) is 1.72. The van der Waals surface area contributed by atoms with Crippen LogP contribution in [0.4, 0.5) is 8.78 Å². The van der Waals surface area contributed by atoms with Gasteiger partial charge in [0.15, 0.2) is 5.78 Å². The van der Waals surface area contributed by atoms with Crippen LogP contribution in [0, 0.1) is 5.92 Å². The number of halogens is 3. The predicted octanol–water partition coefficient (Wildman–Crippen LogP) is 2.74. The van der Waals surface area contributed by atoms with Crippen molar-refractivity contribution in [3.05, 3.63) is 35.9 Å². The molecule has 0 aromatic heterocycles. The van der Waals surface area contributed by atoms with Gasteiger partial charge >= 0.3 is 0 Å². The summed E-state index contributed by atoms with van der Waals surface area (Å²) < 4.78 is 25.5. The molecule has 1 aliphatic carbocycles. The van der Waals surface area contributed by atoms with Crippen LogP contribution in [0.3, 0.4) is 0 Å². The van der Waals surface area contributed by atoms with Crippen LogP contribution in [-0.2, 0) is 0 Å². The van der Waals surface area contributed by atoms with Crippen LogP contribution in [0.5, 0.6) is 0 Å². The maximum Gasteiger partial charge on any atom is 0.276 e. The lowest BCUT2D eigenvalue weighted by atomic mass is 10.1. The van der Waals surface area contributed by atoms with Crippen LogP contribution in [0.25, 0.3) is 0 Å². The minimum absolute atomic E-state index is 0.292. The number of ketones is 1. The summed E-state index contributed by atoms with van der Waals surface area (Å²) in [5, 5.41) is -1.34. The highest BCUT2D eigenvalue weighted by molar-refractivity contribution is 6.27. The number of rotatable bonds is 2. The van der Waals surface area contributed by atoms with Gasteiger partial charge in [-0.2, -0.15) is 0 Å². The zero-order chi connectivity index (χ0) is 10.3. The maximum absolute atomic E-state index is 12.8. The van der Waals surface area contributed by atoms with Gasteiger partial charge in [-0.15, -0.1) is 11.6 Å². The Kier molecular flexibility index (Phi) is 2.07. The first-order chi connectivity index (χ1) is 6.55. The van der Waals surface area contributed by atoms with Crippen molar-refractivity contribution < 1.29 is 13.6 Å². The third-order valence-corrected chi connectivity index (χ3v) is 2.85. The Balaban J connectivity index is 2.20. The molecule has 1 aliphatic rings. The van der Waals surface area contributed by atoms with Crippen molar-refractivity contribution >= 4 is 17.4 Å². The van der Waals surface area contributed by atoms with Crippen molar-refractivity contribution in [3.8, 4) is 0 Å². The fraction of sp³-hybridized carbons (Fsp3) is 0.300. The molecule has 0 aliphatic heterocycles. The summed E-state index contributed by atoms with van der Waals surface area (Å²) in [6.07, 6.45) is 0. The molecule has 4 heteroatoms. The largest absolute Gasteiger partial charge is 0.294 e. The van der Waals surface area contributed by atoms with Crippen LogP contribution in [0.15, 0.2) is 30.3 Å². The number of hydrogen-bond acceptors (Lipinski definition) is 1. The standard InChI is InChI=1S/C10H7ClF2O/c11-9-7(10(9,12)13)8(14)6-4-2-1-3-5-6/h1-5,7,9H/t7?,9-/m1/s1. The number of Topliss-reactive ketones (excluding diaryl/α,β-unsaturated/α-hetero) is 1. The number of carbonyl (C=O) groups excluding carboxylic acids is 1. The summed E-state index contributed by atoms with van der Waals surface area (Å²) >= 11 is 5.32. The minimum atomic E-state index is -3.03. The van der Waals surface area contributed by atoms with Crippen molar-refractivity contribution in [3.63, 3.8) is 0 Å². The molecule has 0 radical (unpaired) electrons. The highest BCUT2D eigenvalue weighted by atomic mass is 35.5. The van der Waals surface area contributed by atoms with Gasteiger partial charge in [-0.3, -0.25) is 4.79 Å². The van der Waals surface area contributed by atoms with Crippen LogP contribution >= 0.6 is 11.6 Å². The summed E-state index contributed by atoms with van der Waals surface area (Å²) in [5.41, 5.74) is 0.292. The lowest BCUT2D eigenvalue weighted by molar-refractivity contribution is 0.0759. The molecule has 1 saturated carbocycles. The van der Waals surface area contributed by atoms with Gasteiger partial charge in [0, 0.05) is 5.56 Å². The molecule has 2 atom stereocenters. The molecule has 14 heavy (non-hydrogen) atoms. The van der Waals surface area contributed by atoms with Crippen molar-refractivity contribution in [2.24, 2.45) is 5.92 Å². The van der Waals surface area contributed by atoms with E-state index in [-0.39, 0.29) is 0 Å². The summed E-state index contributed by atoms with van der Waals surface area (Å²) in [4.78, 5) is 11.5.